The number of nitrogens with zero attached hydrogens (tertiary/aromatic N) is 2. The molecule has 0 aliphatic rings. The molecule has 0 amide bonds. The number of aromatic nitrogens is 2. The van der Waals surface area contributed by atoms with Crippen LogP contribution in [0, 0.1) is 9.39 Å². The fourth-order valence-corrected chi connectivity index (χ4v) is 2.03. The van der Waals surface area contributed by atoms with Crippen molar-refractivity contribution in [3.63, 3.8) is 0 Å². The first-order chi connectivity index (χ1) is 8.90. The van der Waals surface area contributed by atoms with Crippen LogP contribution < -0.4 is 5.73 Å². The number of aromatic carboxylic acids is 1. The largest absolute Gasteiger partial charge is 0.476 e. The van der Waals surface area contributed by atoms with E-state index in [1.807, 2.05) is 0 Å². The summed E-state index contributed by atoms with van der Waals surface area (Å²) in [5.41, 5.74) is 5.38. The second kappa shape index (κ2) is 5.25. The van der Waals surface area contributed by atoms with Crippen LogP contribution in [0.2, 0.25) is 5.02 Å². The Hall–Kier alpha value is -1.48. The van der Waals surface area contributed by atoms with Crippen molar-refractivity contribution < 1.29 is 14.3 Å². The van der Waals surface area contributed by atoms with Gasteiger partial charge in [0.1, 0.15) is 11.6 Å². The van der Waals surface area contributed by atoms with Crippen LogP contribution in [-0.4, -0.2) is 21.0 Å². The van der Waals surface area contributed by atoms with Gasteiger partial charge in [-0.25, -0.2) is 19.2 Å². The van der Waals surface area contributed by atoms with Gasteiger partial charge in [0.15, 0.2) is 11.5 Å². The van der Waals surface area contributed by atoms with Gasteiger partial charge in [-0.3, -0.25) is 0 Å². The molecule has 0 fully saturated rings. The Morgan fingerprint density at radius 1 is 1.42 bits per heavy atom. The molecule has 98 valence electrons. The van der Waals surface area contributed by atoms with Crippen molar-refractivity contribution in [2.75, 3.05) is 5.73 Å². The standard InChI is InChI=1S/C11H6ClFIN3O2/c12-4-1-2-5(6(13)3-4)10-16-8(11(18)19)7(14)9(15)17-10/h1-3H,(H,18,19)(H2,15,16,17). The van der Waals surface area contributed by atoms with E-state index < -0.39 is 11.8 Å². The maximum atomic E-state index is 13.7. The van der Waals surface area contributed by atoms with E-state index in [-0.39, 0.29) is 31.5 Å². The van der Waals surface area contributed by atoms with Crippen LogP contribution >= 0.6 is 34.2 Å². The second-order valence-electron chi connectivity index (χ2n) is 3.52. The molecule has 0 atom stereocenters. The number of hydrogen-bond acceptors (Lipinski definition) is 4. The van der Waals surface area contributed by atoms with E-state index in [1.165, 1.54) is 12.1 Å². The van der Waals surface area contributed by atoms with E-state index in [0.29, 0.717) is 0 Å². The fourth-order valence-electron chi connectivity index (χ4n) is 1.40. The highest BCUT2D eigenvalue weighted by Crippen LogP contribution is 2.26. The number of rotatable bonds is 2. The minimum absolute atomic E-state index is 0.0163. The van der Waals surface area contributed by atoms with Crippen molar-refractivity contribution in [1.29, 1.82) is 0 Å². The van der Waals surface area contributed by atoms with Gasteiger partial charge in [0.25, 0.3) is 0 Å². The first kappa shape index (κ1) is 13.9. The molecule has 19 heavy (non-hydrogen) atoms. The molecular weight excluding hydrogens is 387 g/mol. The number of hydrogen-bond donors (Lipinski definition) is 2. The van der Waals surface area contributed by atoms with Crippen molar-refractivity contribution in [2.24, 2.45) is 0 Å². The summed E-state index contributed by atoms with van der Waals surface area (Å²) in [6, 6.07) is 3.91. The molecule has 0 saturated carbocycles. The maximum Gasteiger partial charge on any atom is 0.355 e. The average Bonchev–Trinajstić information content (AvgIpc) is 2.32. The molecule has 2 aromatic rings. The Morgan fingerprint density at radius 2 is 2.11 bits per heavy atom. The highest BCUT2D eigenvalue weighted by atomic mass is 127. The molecule has 0 spiro atoms. The van der Waals surface area contributed by atoms with Crippen molar-refractivity contribution in [3.8, 4) is 11.4 Å². The smallest absolute Gasteiger partial charge is 0.355 e. The Morgan fingerprint density at radius 3 is 2.68 bits per heavy atom. The molecular formula is C11H6ClFIN3O2. The van der Waals surface area contributed by atoms with Gasteiger partial charge in [-0.1, -0.05) is 11.6 Å². The zero-order chi connectivity index (χ0) is 14.2. The third-order valence-corrected chi connectivity index (χ3v) is 3.55. The Kier molecular flexibility index (Phi) is 3.85. The molecule has 8 heteroatoms. The highest BCUT2D eigenvalue weighted by Gasteiger charge is 2.18. The molecule has 5 nitrogen and oxygen atoms in total. The summed E-state index contributed by atoms with van der Waals surface area (Å²) < 4.78 is 14.0. The second-order valence-corrected chi connectivity index (χ2v) is 5.04. The summed E-state index contributed by atoms with van der Waals surface area (Å²) in [7, 11) is 0. The topological polar surface area (TPSA) is 89.1 Å². The van der Waals surface area contributed by atoms with Crippen LogP contribution in [0.5, 0.6) is 0 Å². The van der Waals surface area contributed by atoms with Crippen molar-refractivity contribution in [2.45, 2.75) is 0 Å². The number of halogens is 3. The lowest BCUT2D eigenvalue weighted by atomic mass is 10.2. The molecule has 3 N–H and O–H groups in total. The van der Waals surface area contributed by atoms with Crippen LogP contribution in [0.1, 0.15) is 10.5 Å². The number of carboxylic acid groups (broad SMARTS) is 1. The van der Waals surface area contributed by atoms with E-state index in [9.17, 15) is 9.18 Å². The summed E-state index contributed by atoms with van der Waals surface area (Å²) in [6.45, 7) is 0. The molecule has 0 aliphatic heterocycles. The van der Waals surface area contributed by atoms with Crippen molar-refractivity contribution in [3.05, 3.63) is 38.3 Å². The van der Waals surface area contributed by atoms with Crippen LogP contribution in [0.25, 0.3) is 11.4 Å². The monoisotopic (exact) mass is 393 g/mol. The predicted molar refractivity (Wildman–Crippen MR) is 76.5 cm³/mol. The number of carboxylic acids is 1. The van der Waals surface area contributed by atoms with Gasteiger partial charge in [0.05, 0.1) is 9.13 Å². The van der Waals surface area contributed by atoms with Gasteiger partial charge < -0.3 is 10.8 Å². The average molecular weight is 394 g/mol. The third-order valence-electron chi connectivity index (χ3n) is 2.25. The summed E-state index contributed by atoms with van der Waals surface area (Å²) in [5, 5.41) is 9.23. The highest BCUT2D eigenvalue weighted by molar-refractivity contribution is 14.1. The minimum Gasteiger partial charge on any atom is -0.476 e. The molecule has 1 aromatic heterocycles. The number of anilines is 1. The van der Waals surface area contributed by atoms with Gasteiger partial charge in [-0.2, -0.15) is 0 Å². The normalized spacial score (nSPS) is 10.5. The van der Waals surface area contributed by atoms with Gasteiger partial charge in [0.2, 0.25) is 0 Å². The van der Waals surface area contributed by atoms with E-state index >= 15 is 0 Å². The Labute approximate surface area is 125 Å². The number of nitrogens with two attached hydrogens (primary N) is 1. The van der Waals surface area contributed by atoms with E-state index in [4.69, 9.17) is 22.4 Å². The summed E-state index contributed by atoms with van der Waals surface area (Å²) in [5.74, 6) is -2.01. The van der Waals surface area contributed by atoms with Crippen molar-refractivity contribution >= 4 is 46.0 Å². The quantitative estimate of drug-likeness (QED) is 0.766. The third kappa shape index (κ3) is 2.76. The van der Waals surface area contributed by atoms with E-state index in [2.05, 4.69) is 9.97 Å². The Bertz CT molecular complexity index is 681. The lowest BCUT2D eigenvalue weighted by Crippen LogP contribution is -2.10. The lowest BCUT2D eigenvalue weighted by molar-refractivity contribution is 0.0689. The minimum atomic E-state index is -1.26. The van der Waals surface area contributed by atoms with Crippen LogP contribution in [0.15, 0.2) is 18.2 Å². The zero-order valence-corrected chi connectivity index (χ0v) is 12.1. The number of nitrogen functional groups attached to an aromatic ring is 1. The number of carbonyl (C=O) groups is 1. The van der Waals surface area contributed by atoms with Crippen molar-refractivity contribution in [1.82, 2.24) is 9.97 Å². The van der Waals surface area contributed by atoms with Gasteiger partial charge >= 0.3 is 5.97 Å². The lowest BCUT2D eigenvalue weighted by Gasteiger charge is -2.07. The molecule has 0 saturated heterocycles. The Balaban J connectivity index is 2.66. The molecule has 0 aliphatic carbocycles. The molecule has 2 rings (SSSR count). The predicted octanol–water partition coefficient (Wildman–Crippen LogP) is 2.82. The zero-order valence-electron chi connectivity index (χ0n) is 9.19. The maximum absolute atomic E-state index is 13.7. The molecule has 0 bridgehead atoms. The summed E-state index contributed by atoms with van der Waals surface area (Å²) in [4.78, 5) is 18.7. The molecule has 1 heterocycles. The van der Waals surface area contributed by atoms with Gasteiger partial charge in [-0.05, 0) is 40.8 Å². The SMILES string of the molecule is Nc1nc(-c2ccc(Cl)cc2F)nc(C(=O)O)c1I. The molecule has 0 unspecified atom stereocenters. The molecule has 1 aromatic carbocycles. The summed E-state index contributed by atoms with van der Waals surface area (Å²) in [6.07, 6.45) is 0. The van der Waals surface area contributed by atoms with E-state index in [0.717, 1.165) is 6.07 Å². The van der Waals surface area contributed by atoms with Crippen LogP contribution in [0.4, 0.5) is 10.2 Å². The fraction of sp³-hybridized carbons (Fsp3) is 0. The molecule has 0 radical (unpaired) electrons. The first-order valence-corrected chi connectivity index (χ1v) is 6.37. The first-order valence-electron chi connectivity index (χ1n) is 4.92. The van der Waals surface area contributed by atoms with Crippen LogP contribution in [0.3, 0.4) is 0 Å². The van der Waals surface area contributed by atoms with Gasteiger partial charge in [-0.15, -0.1) is 0 Å². The summed E-state index contributed by atoms with van der Waals surface area (Å²) >= 11 is 7.37. The number of benzene rings is 1. The van der Waals surface area contributed by atoms with Gasteiger partial charge in [0, 0.05) is 5.02 Å². The van der Waals surface area contributed by atoms with E-state index in [1.54, 1.807) is 22.6 Å². The van der Waals surface area contributed by atoms with Crippen LogP contribution in [-0.2, 0) is 0 Å².